The van der Waals surface area contributed by atoms with Crippen LogP contribution in [0.4, 0.5) is 10.7 Å². The third kappa shape index (κ3) is 3.75. The van der Waals surface area contributed by atoms with Crippen molar-refractivity contribution in [3.05, 3.63) is 34.0 Å². The molecule has 0 saturated heterocycles. The number of aromatic nitrogens is 2. The molecule has 6 heteroatoms. The number of nitrogens with one attached hydrogen (secondary N) is 1. The van der Waals surface area contributed by atoms with Crippen LogP contribution in [0.1, 0.15) is 20.8 Å². The quantitative estimate of drug-likeness (QED) is 0.777. The van der Waals surface area contributed by atoms with Crippen molar-refractivity contribution in [2.75, 3.05) is 12.4 Å². The van der Waals surface area contributed by atoms with Gasteiger partial charge >= 0.3 is 6.09 Å². The molecule has 0 spiro atoms. The Bertz CT molecular complexity index is 642. The second kappa shape index (κ2) is 6.05. The Morgan fingerprint density at radius 1 is 1.29 bits per heavy atom. The van der Waals surface area contributed by atoms with Gasteiger partial charge in [-0.15, -0.1) is 0 Å². The molecule has 0 atom stereocenters. The first-order chi connectivity index (χ1) is 9.81. The maximum atomic E-state index is 12.4. The highest BCUT2D eigenvalue weighted by Gasteiger charge is 2.23. The van der Waals surface area contributed by atoms with Crippen molar-refractivity contribution in [3.63, 3.8) is 0 Å². The number of hydrogen-bond donors (Lipinski definition) is 1. The lowest BCUT2D eigenvalue weighted by Gasteiger charge is -2.21. The van der Waals surface area contributed by atoms with Crippen molar-refractivity contribution in [2.24, 2.45) is 0 Å². The molecule has 0 aliphatic rings. The second-order valence-corrected chi connectivity index (χ2v) is 6.79. The molecule has 112 valence electrons. The molecule has 0 unspecified atom stereocenters. The number of benzene rings is 1. The van der Waals surface area contributed by atoms with Gasteiger partial charge in [-0.3, -0.25) is 0 Å². The van der Waals surface area contributed by atoms with Crippen molar-refractivity contribution in [1.82, 2.24) is 9.55 Å². The zero-order chi connectivity index (χ0) is 15.6. The predicted molar refractivity (Wildman–Crippen MR) is 91.6 cm³/mol. The Hall–Kier alpha value is -1.57. The molecule has 2 rings (SSSR count). The lowest BCUT2D eigenvalue weighted by molar-refractivity contribution is 0.0543. The van der Waals surface area contributed by atoms with Crippen LogP contribution < -0.4 is 5.32 Å². The Morgan fingerprint density at radius 3 is 2.43 bits per heavy atom. The van der Waals surface area contributed by atoms with E-state index >= 15 is 0 Å². The lowest BCUT2D eigenvalue weighted by atomic mass is 10.2. The Balaban J connectivity index is 2.46. The summed E-state index contributed by atoms with van der Waals surface area (Å²) in [6.45, 7) is 5.52. The molecular weight excluding hydrogens is 381 g/mol. The van der Waals surface area contributed by atoms with Crippen LogP contribution >= 0.6 is 22.6 Å². The summed E-state index contributed by atoms with van der Waals surface area (Å²) in [6.07, 6.45) is 1.22. The molecular formula is C15H18IN3O2. The number of ether oxygens (including phenoxy) is 1. The summed E-state index contributed by atoms with van der Waals surface area (Å²) in [4.78, 5) is 16.7. The fourth-order valence-corrected chi connectivity index (χ4v) is 2.20. The topological polar surface area (TPSA) is 56.2 Å². The smallest absolute Gasteiger partial charge is 0.421 e. The van der Waals surface area contributed by atoms with Gasteiger partial charge in [-0.1, -0.05) is 12.1 Å². The van der Waals surface area contributed by atoms with Gasteiger partial charge in [-0.05, 0) is 55.5 Å². The molecule has 0 fully saturated rings. The Kier molecular flexibility index (Phi) is 4.55. The minimum Gasteiger partial charge on any atom is -0.443 e. The van der Waals surface area contributed by atoms with E-state index < -0.39 is 11.7 Å². The van der Waals surface area contributed by atoms with Gasteiger partial charge < -0.3 is 10.1 Å². The average molecular weight is 399 g/mol. The van der Waals surface area contributed by atoms with Gasteiger partial charge in [0.2, 0.25) is 5.95 Å². The van der Waals surface area contributed by atoms with Crippen molar-refractivity contribution < 1.29 is 9.53 Å². The molecule has 1 aromatic carbocycles. The molecule has 5 nitrogen and oxygen atoms in total. The average Bonchev–Trinajstić information content (AvgIpc) is 2.81. The van der Waals surface area contributed by atoms with E-state index in [9.17, 15) is 4.79 Å². The molecule has 0 aliphatic heterocycles. The van der Waals surface area contributed by atoms with E-state index in [1.165, 1.54) is 4.57 Å². The van der Waals surface area contributed by atoms with Crippen LogP contribution in [0.25, 0.3) is 11.3 Å². The highest BCUT2D eigenvalue weighted by atomic mass is 127. The standard InChI is InChI=1S/C15H18IN3O2/c1-15(2,3)21-14(20)19-12(9-18-13(19)17-4)10-5-7-11(16)8-6-10/h5-9H,1-4H3,(H,17,18). The maximum Gasteiger partial charge on any atom is 0.421 e. The van der Waals surface area contributed by atoms with E-state index in [1.807, 2.05) is 45.0 Å². The van der Waals surface area contributed by atoms with Gasteiger partial charge in [0.1, 0.15) is 5.60 Å². The maximum absolute atomic E-state index is 12.4. The van der Waals surface area contributed by atoms with Crippen LogP contribution in [0.15, 0.2) is 30.5 Å². The summed E-state index contributed by atoms with van der Waals surface area (Å²) in [5.74, 6) is 0.456. The van der Waals surface area contributed by atoms with Gasteiger partial charge in [-0.25, -0.2) is 14.3 Å². The highest BCUT2D eigenvalue weighted by molar-refractivity contribution is 14.1. The van der Waals surface area contributed by atoms with Crippen molar-refractivity contribution in [3.8, 4) is 11.3 Å². The third-order valence-corrected chi connectivity index (χ3v) is 3.42. The molecule has 1 aromatic heterocycles. The first-order valence-corrected chi connectivity index (χ1v) is 7.64. The van der Waals surface area contributed by atoms with Crippen LogP contribution in [-0.4, -0.2) is 28.3 Å². The van der Waals surface area contributed by atoms with E-state index in [1.54, 1.807) is 13.2 Å². The number of imidazole rings is 1. The number of carbonyl (C=O) groups is 1. The van der Waals surface area contributed by atoms with Crippen molar-refractivity contribution >= 4 is 34.6 Å². The van der Waals surface area contributed by atoms with Crippen molar-refractivity contribution in [2.45, 2.75) is 26.4 Å². The molecule has 2 aromatic rings. The fraction of sp³-hybridized carbons (Fsp3) is 0.333. The van der Waals surface area contributed by atoms with Crippen LogP contribution in [0.5, 0.6) is 0 Å². The van der Waals surface area contributed by atoms with Crippen LogP contribution in [0.3, 0.4) is 0 Å². The zero-order valence-electron chi connectivity index (χ0n) is 12.5. The summed E-state index contributed by atoms with van der Waals surface area (Å²) >= 11 is 2.24. The number of rotatable bonds is 2. The van der Waals surface area contributed by atoms with Crippen LogP contribution in [-0.2, 0) is 4.74 Å². The molecule has 0 amide bonds. The first kappa shape index (κ1) is 15.8. The minimum atomic E-state index is -0.560. The molecule has 1 N–H and O–H groups in total. The molecule has 0 aliphatic carbocycles. The number of anilines is 1. The van der Waals surface area contributed by atoms with Gasteiger partial charge in [0.25, 0.3) is 0 Å². The minimum absolute atomic E-state index is 0.446. The van der Waals surface area contributed by atoms with Gasteiger partial charge in [0.15, 0.2) is 0 Å². The largest absolute Gasteiger partial charge is 0.443 e. The van der Waals surface area contributed by atoms with E-state index in [4.69, 9.17) is 4.74 Å². The summed E-state index contributed by atoms with van der Waals surface area (Å²) in [6, 6.07) is 7.89. The van der Waals surface area contributed by atoms with E-state index in [0.29, 0.717) is 11.6 Å². The third-order valence-electron chi connectivity index (χ3n) is 2.70. The first-order valence-electron chi connectivity index (χ1n) is 6.56. The lowest BCUT2D eigenvalue weighted by Crippen LogP contribution is -2.28. The number of halogens is 1. The molecule has 21 heavy (non-hydrogen) atoms. The van der Waals surface area contributed by atoms with Crippen molar-refractivity contribution in [1.29, 1.82) is 0 Å². The second-order valence-electron chi connectivity index (χ2n) is 5.54. The SMILES string of the molecule is CNc1ncc(-c2ccc(I)cc2)n1C(=O)OC(C)(C)C. The monoisotopic (exact) mass is 399 g/mol. The van der Waals surface area contributed by atoms with Crippen LogP contribution in [0.2, 0.25) is 0 Å². The molecule has 1 heterocycles. The summed E-state index contributed by atoms with van der Waals surface area (Å²) < 4.78 is 8.04. The number of carbonyl (C=O) groups excluding carboxylic acids is 1. The number of hydrogen-bond acceptors (Lipinski definition) is 4. The zero-order valence-corrected chi connectivity index (χ0v) is 14.6. The normalized spacial score (nSPS) is 11.3. The fourth-order valence-electron chi connectivity index (χ4n) is 1.84. The Labute approximate surface area is 137 Å². The molecule has 0 radical (unpaired) electrons. The van der Waals surface area contributed by atoms with Crippen LogP contribution in [0, 0.1) is 3.57 Å². The molecule has 0 saturated carbocycles. The van der Waals surface area contributed by atoms with E-state index in [-0.39, 0.29) is 0 Å². The molecule has 0 bridgehead atoms. The van der Waals surface area contributed by atoms with E-state index in [0.717, 1.165) is 9.13 Å². The summed E-state index contributed by atoms with van der Waals surface area (Å²) in [7, 11) is 1.72. The summed E-state index contributed by atoms with van der Waals surface area (Å²) in [5.41, 5.74) is 1.05. The number of nitrogens with zero attached hydrogens (tertiary/aromatic N) is 2. The van der Waals surface area contributed by atoms with Gasteiger partial charge in [-0.2, -0.15) is 0 Å². The van der Waals surface area contributed by atoms with Gasteiger partial charge in [0, 0.05) is 16.2 Å². The Morgan fingerprint density at radius 2 is 1.90 bits per heavy atom. The van der Waals surface area contributed by atoms with Gasteiger partial charge in [0.05, 0.1) is 11.9 Å². The van der Waals surface area contributed by atoms with E-state index in [2.05, 4.69) is 32.9 Å². The summed E-state index contributed by atoms with van der Waals surface area (Å²) in [5, 5.41) is 2.91. The predicted octanol–water partition coefficient (Wildman–Crippen LogP) is 3.98. The highest BCUT2D eigenvalue weighted by Crippen LogP contribution is 2.25.